The lowest BCUT2D eigenvalue weighted by Crippen LogP contribution is -2.24. The third kappa shape index (κ3) is 19.4. The summed E-state index contributed by atoms with van der Waals surface area (Å²) in [6, 6.07) is 0. The maximum Gasteiger partial charge on any atom is 0.355 e. The summed E-state index contributed by atoms with van der Waals surface area (Å²) in [5, 5.41) is 17.5. The maximum atomic E-state index is 11.5. The molecular formula is C16H27NO8. The molecule has 25 heavy (non-hydrogen) atoms. The Hall–Kier alpha value is -2.52. The van der Waals surface area contributed by atoms with Crippen molar-refractivity contribution >= 4 is 24.5 Å². The van der Waals surface area contributed by atoms with Crippen molar-refractivity contribution in [3.05, 3.63) is 23.5 Å². The molecule has 0 fully saturated rings. The Morgan fingerprint density at radius 3 is 1.80 bits per heavy atom. The number of ether oxygens (including phenoxy) is 2. The van der Waals surface area contributed by atoms with Gasteiger partial charge in [0.2, 0.25) is 0 Å². The van der Waals surface area contributed by atoms with E-state index in [1.54, 1.807) is 27.7 Å². The van der Waals surface area contributed by atoms with Gasteiger partial charge >= 0.3 is 11.9 Å². The van der Waals surface area contributed by atoms with Crippen LogP contribution in [0.15, 0.2) is 23.5 Å². The highest BCUT2D eigenvalue weighted by Gasteiger charge is 2.14. The van der Waals surface area contributed by atoms with Gasteiger partial charge in [-0.1, -0.05) is 0 Å². The number of rotatable bonds is 8. The van der Waals surface area contributed by atoms with Crippen molar-refractivity contribution in [2.45, 2.75) is 27.7 Å². The van der Waals surface area contributed by atoms with Crippen LogP contribution in [0.5, 0.6) is 0 Å². The standard InChI is InChI=1S/C12H15NO6.2C2H6O/c1-3-18-11(16)7-10(12(17)19-4-2)13-9(8-15)5-6-14;2*1-2-3/h5-8,13H,3-4H2,1-2H3;2*3H,2H2,1H3/b9-5+,10-7+;;. The van der Waals surface area contributed by atoms with Gasteiger partial charge in [-0.15, -0.1) is 0 Å². The summed E-state index contributed by atoms with van der Waals surface area (Å²) in [7, 11) is 0. The predicted octanol–water partition coefficient (Wildman–Crippen LogP) is -0.135. The van der Waals surface area contributed by atoms with Gasteiger partial charge in [0.15, 0.2) is 6.29 Å². The highest BCUT2D eigenvalue weighted by atomic mass is 16.5. The normalized spacial score (nSPS) is 10.2. The Balaban J connectivity index is -0.000000700. The highest BCUT2D eigenvalue weighted by Crippen LogP contribution is 1.99. The number of aliphatic hydroxyl groups excluding tert-OH is 2. The molecule has 0 radical (unpaired) electrons. The van der Waals surface area contributed by atoms with Crippen LogP contribution < -0.4 is 5.32 Å². The second-order valence-corrected chi connectivity index (χ2v) is 3.66. The smallest absolute Gasteiger partial charge is 0.355 e. The zero-order valence-electron chi connectivity index (χ0n) is 15.0. The number of carbonyl (C=O) groups excluding carboxylic acids is 4. The van der Waals surface area contributed by atoms with Crippen LogP contribution in [-0.2, 0) is 28.7 Å². The van der Waals surface area contributed by atoms with Crippen LogP contribution in [0.3, 0.4) is 0 Å². The van der Waals surface area contributed by atoms with Gasteiger partial charge in [-0.2, -0.15) is 0 Å². The molecule has 9 heteroatoms. The van der Waals surface area contributed by atoms with Crippen molar-refractivity contribution < 1.29 is 38.9 Å². The number of nitrogens with one attached hydrogen (secondary N) is 1. The van der Waals surface area contributed by atoms with Crippen LogP contribution in [0, 0.1) is 0 Å². The van der Waals surface area contributed by atoms with E-state index in [9.17, 15) is 19.2 Å². The van der Waals surface area contributed by atoms with Gasteiger partial charge in [0.1, 0.15) is 12.0 Å². The highest BCUT2D eigenvalue weighted by molar-refractivity contribution is 5.97. The lowest BCUT2D eigenvalue weighted by atomic mass is 10.3. The van der Waals surface area contributed by atoms with E-state index in [-0.39, 0.29) is 37.8 Å². The average Bonchev–Trinajstić information content (AvgIpc) is 2.55. The molecule has 0 aliphatic heterocycles. The molecule has 0 aromatic carbocycles. The lowest BCUT2D eigenvalue weighted by Gasteiger charge is -2.09. The summed E-state index contributed by atoms with van der Waals surface area (Å²) in [5.41, 5.74) is -0.473. The fourth-order valence-electron chi connectivity index (χ4n) is 0.996. The molecule has 9 nitrogen and oxygen atoms in total. The number of esters is 2. The van der Waals surface area contributed by atoms with E-state index in [1.165, 1.54) is 0 Å². The largest absolute Gasteiger partial charge is 0.463 e. The minimum atomic E-state index is -0.839. The maximum absolute atomic E-state index is 11.5. The molecule has 0 atom stereocenters. The van der Waals surface area contributed by atoms with Crippen molar-refractivity contribution in [3.8, 4) is 0 Å². The monoisotopic (exact) mass is 361 g/mol. The first kappa shape index (κ1) is 27.3. The topological polar surface area (TPSA) is 139 Å². The van der Waals surface area contributed by atoms with Gasteiger partial charge < -0.3 is 25.0 Å². The third-order valence-corrected chi connectivity index (χ3v) is 1.70. The first-order valence-corrected chi connectivity index (χ1v) is 7.56. The molecule has 0 aliphatic carbocycles. The molecule has 0 spiro atoms. The molecule has 0 unspecified atom stereocenters. The molecule has 3 N–H and O–H groups in total. The number of aliphatic hydroxyl groups is 2. The molecular weight excluding hydrogens is 334 g/mol. The molecule has 0 rings (SSSR count). The van der Waals surface area contributed by atoms with Crippen LogP contribution in [-0.4, -0.2) is 61.2 Å². The molecule has 0 bridgehead atoms. The van der Waals surface area contributed by atoms with Crippen molar-refractivity contribution in [1.29, 1.82) is 0 Å². The summed E-state index contributed by atoms with van der Waals surface area (Å²) >= 11 is 0. The van der Waals surface area contributed by atoms with Gasteiger partial charge in [0.25, 0.3) is 0 Å². The number of hydrogen-bond acceptors (Lipinski definition) is 9. The number of allylic oxidation sites excluding steroid dienone is 2. The van der Waals surface area contributed by atoms with Crippen LogP contribution in [0.25, 0.3) is 0 Å². The van der Waals surface area contributed by atoms with Crippen LogP contribution in [0.4, 0.5) is 0 Å². The van der Waals surface area contributed by atoms with Gasteiger partial charge in [-0.25, -0.2) is 9.59 Å². The fourth-order valence-corrected chi connectivity index (χ4v) is 0.996. The van der Waals surface area contributed by atoms with E-state index in [2.05, 4.69) is 10.1 Å². The molecule has 144 valence electrons. The van der Waals surface area contributed by atoms with E-state index in [0.29, 0.717) is 12.6 Å². The molecule has 0 aliphatic rings. The Morgan fingerprint density at radius 1 is 0.960 bits per heavy atom. The molecule has 0 saturated heterocycles. The zero-order chi connectivity index (χ0) is 20.1. The first-order chi connectivity index (χ1) is 11.9. The van der Waals surface area contributed by atoms with Crippen LogP contribution in [0.2, 0.25) is 0 Å². The van der Waals surface area contributed by atoms with E-state index in [4.69, 9.17) is 14.9 Å². The predicted molar refractivity (Wildman–Crippen MR) is 90.2 cm³/mol. The summed E-state index contributed by atoms with van der Waals surface area (Å²) in [4.78, 5) is 43.7. The summed E-state index contributed by atoms with van der Waals surface area (Å²) in [5.74, 6) is -1.61. The molecule has 0 aromatic heterocycles. The fraction of sp³-hybridized carbons (Fsp3) is 0.500. The van der Waals surface area contributed by atoms with E-state index in [1.807, 2.05) is 0 Å². The van der Waals surface area contributed by atoms with E-state index in [0.717, 1.165) is 12.2 Å². The van der Waals surface area contributed by atoms with E-state index < -0.39 is 11.9 Å². The van der Waals surface area contributed by atoms with Crippen LogP contribution in [0.1, 0.15) is 27.7 Å². The molecule has 0 amide bonds. The Labute approximate surface area is 147 Å². The third-order valence-electron chi connectivity index (χ3n) is 1.70. The lowest BCUT2D eigenvalue weighted by molar-refractivity contribution is -0.141. The van der Waals surface area contributed by atoms with Crippen molar-refractivity contribution in [1.82, 2.24) is 5.32 Å². The van der Waals surface area contributed by atoms with Crippen molar-refractivity contribution in [2.24, 2.45) is 0 Å². The molecule has 0 heterocycles. The average molecular weight is 361 g/mol. The summed E-state index contributed by atoms with van der Waals surface area (Å²) < 4.78 is 9.33. The Bertz CT molecular complexity index is 441. The van der Waals surface area contributed by atoms with Gasteiger partial charge in [0, 0.05) is 19.3 Å². The second kappa shape index (κ2) is 21.5. The number of aldehydes is 2. The summed E-state index contributed by atoms with van der Waals surface area (Å²) in [6.45, 7) is 7.28. The summed E-state index contributed by atoms with van der Waals surface area (Å²) in [6.07, 6.45) is 2.45. The SMILES string of the molecule is CCO.CCO.CCOC(=O)/C=C(/N/C(C=O)=C/C=O)C(=O)OCC. The Morgan fingerprint density at radius 2 is 1.44 bits per heavy atom. The number of hydrogen-bond donors (Lipinski definition) is 3. The Kier molecular flexibility index (Phi) is 23.5. The van der Waals surface area contributed by atoms with Gasteiger partial charge in [-0.05, 0) is 27.7 Å². The van der Waals surface area contributed by atoms with E-state index >= 15 is 0 Å². The minimum Gasteiger partial charge on any atom is -0.463 e. The first-order valence-electron chi connectivity index (χ1n) is 7.56. The molecule has 0 saturated carbocycles. The van der Waals surface area contributed by atoms with Crippen molar-refractivity contribution in [3.63, 3.8) is 0 Å². The van der Waals surface area contributed by atoms with Crippen LogP contribution >= 0.6 is 0 Å². The molecule has 0 aromatic rings. The number of carbonyl (C=O) groups is 4. The quantitative estimate of drug-likeness (QED) is 0.306. The van der Waals surface area contributed by atoms with Gasteiger partial charge in [0.05, 0.1) is 25.0 Å². The zero-order valence-corrected chi connectivity index (χ0v) is 15.0. The van der Waals surface area contributed by atoms with Gasteiger partial charge in [-0.3, -0.25) is 9.59 Å². The second-order valence-electron chi connectivity index (χ2n) is 3.66. The van der Waals surface area contributed by atoms with Crippen molar-refractivity contribution in [2.75, 3.05) is 26.4 Å². The minimum absolute atomic E-state index is 0.0918.